The van der Waals surface area contributed by atoms with E-state index in [1.165, 1.54) is 12.1 Å². The molecule has 0 saturated carbocycles. The number of hydrogen-bond acceptors (Lipinski definition) is 7. The lowest BCUT2D eigenvalue weighted by Gasteiger charge is -2.24. The van der Waals surface area contributed by atoms with E-state index in [0.29, 0.717) is 0 Å². The first-order valence-electron chi connectivity index (χ1n) is 5.53. The third-order valence-electron chi connectivity index (χ3n) is 2.70. The summed E-state index contributed by atoms with van der Waals surface area (Å²) in [6, 6.07) is 4.38. The van der Waals surface area contributed by atoms with E-state index in [1.54, 1.807) is 13.0 Å². The topological polar surface area (TPSA) is 122 Å². The number of aromatic nitrogens is 1. The van der Waals surface area contributed by atoms with Crippen LogP contribution in [-0.4, -0.2) is 38.9 Å². The average molecular weight is 267 g/mol. The Balaban J connectivity index is 2.42. The Morgan fingerprint density at radius 1 is 1.47 bits per heavy atom. The first kappa shape index (κ1) is 13.2. The smallest absolute Gasteiger partial charge is 0.298 e. The van der Waals surface area contributed by atoms with Crippen molar-refractivity contribution in [3.05, 3.63) is 28.3 Å². The predicted molar refractivity (Wildman–Crippen MR) is 66.9 cm³/mol. The van der Waals surface area contributed by atoms with E-state index in [4.69, 9.17) is 14.6 Å². The number of nitrogens with one attached hydrogen (secondary N) is 1. The minimum Gasteiger partial charge on any atom is -0.423 e. The summed E-state index contributed by atoms with van der Waals surface area (Å²) >= 11 is 0. The summed E-state index contributed by atoms with van der Waals surface area (Å²) in [6.07, 6.45) is 0. The Kier molecular flexibility index (Phi) is 3.36. The molecule has 0 amide bonds. The third-order valence-corrected chi connectivity index (χ3v) is 2.70. The summed E-state index contributed by atoms with van der Waals surface area (Å²) < 4.78 is 5.31. The maximum atomic E-state index is 10.8. The number of nitro groups is 1. The van der Waals surface area contributed by atoms with Crippen LogP contribution >= 0.6 is 0 Å². The number of hydrogen-bond donors (Lipinski definition) is 3. The first-order chi connectivity index (χ1) is 8.99. The lowest BCUT2D eigenvalue weighted by molar-refractivity contribution is -0.383. The maximum absolute atomic E-state index is 10.8. The largest absolute Gasteiger partial charge is 0.423 e. The fraction of sp³-hybridized carbons (Fsp3) is 0.364. The third kappa shape index (κ3) is 2.49. The van der Waals surface area contributed by atoms with Gasteiger partial charge in [-0.3, -0.25) is 10.1 Å². The van der Waals surface area contributed by atoms with Gasteiger partial charge in [-0.1, -0.05) is 6.07 Å². The molecule has 0 aliphatic rings. The second-order valence-electron chi connectivity index (χ2n) is 4.40. The zero-order valence-corrected chi connectivity index (χ0v) is 10.2. The Morgan fingerprint density at radius 3 is 2.74 bits per heavy atom. The van der Waals surface area contributed by atoms with Gasteiger partial charge in [-0.15, -0.1) is 0 Å². The van der Waals surface area contributed by atoms with Gasteiger partial charge in [0, 0.05) is 6.07 Å². The quantitative estimate of drug-likeness (QED) is 0.543. The summed E-state index contributed by atoms with van der Waals surface area (Å²) in [4.78, 5) is 14.3. The number of benzene rings is 1. The van der Waals surface area contributed by atoms with Gasteiger partial charge in [-0.05, 0) is 13.0 Å². The second kappa shape index (κ2) is 4.82. The van der Waals surface area contributed by atoms with Crippen LogP contribution in [0.5, 0.6) is 0 Å². The molecule has 0 fully saturated rings. The molecule has 102 valence electrons. The average Bonchev–Trinajstić information content (AvgIpc) is 2.79. The van der Waals surface area contributed by atoms with E-state index in [1.807, 2.05) is 0 Å². The number of nitrogens with zero attached hydrogens (tertiary/aromatic N) is 2. The number of oxazole rings is 1. The first-order valence-corrected chi connectivity index (χ1v) is 5.53. The number of aliphatic hydroxyl groups is 2. The van der Waals surface area contributed by atoms with Gasteiger partial charge in [0.2, 0.25) is 0 Å². The van der Waals surface area contributed by atoms with Crippen molar-refractivity contribution >= 4 is 22.8 Å². The lowest BCUT2D eigenvalue weighted by Crippen LogP contribution is -2.42. The number of para-hydroxylation sites is 1. The van der Waals surface area contributed by atoms with Gasteiger partial charge in [0.05, 0.1) is 23.7 Å². The maximum Gasteiger partial charge on any atom is 0.298 e. The molecule has 0 atom stereocenters. The minimum absolute atomic E-state index is 0.00917. The summed E-state index contributed by atoms with van der Waals surface area (Å²) in [5, 5.41) is 31.9. The molecule has 2 aromatic rings. The SMILES string of the molecule is CC(CO)(CO)Nc1nc2c([N+](=O)[O-])cccc2o1. The molecule has 1 aromatic heterocycles. The summed E-state index contributed by atoms with van der Waals surface area (Å²) in [7, 11) is 0. The van der Waals surface area contributed by atoms with Crippen LogP contribution in [0.3, 0.4) is 0 Å². The van der Waals surface area contributed by atoms with Crippen LogP contribution < -0.4 is 5.32 Å². The molecule has 3 N–H and O–H groups in total. The normalized spacial score (nSPS) is 11.7. The van der Waals surface area contributed by atoms with Crippen molar-refractivity contribution in [1.82, 2.24) is 4.98 Å². The fourth-order valence-electron chi connectivity index (χ4n) is 1.52. The van der Waals surface area contributed by atoms with E-state index in [2.05, 4.69) is 10.3 Å². The molecule has 0 aliphatic heterocycles. The van der Waals surface area contributed by atoms with Crippen molar-refractivity contribution in [2.24, 2.45) is 0 Å². The van der Waals surface area contributed by atoms with Gasteiger partial charge in [-0.2, -0.15) is 4.98 Å². The summed E-state index contributed by atoms with van der Waals surface area (Å²) in [5.74, 6) is 0. The molecule has 1 heterocycles. The van der Waals surface area contributed by atoms with Crippen LogP contribution in [0.15, 0.2) is 22.6 Å². The molecule has 0 spiro atoms. The molecule has 8 nitrogen and oxygen atoms in total. The van der Waals surface area contributed by atoms with Gasteiger partial charge in [-0.25, -0.2) is 0 Å². The Labute approximate surface area is 107 Å². The van der Waals surface area contributed by atoms with Crippen molar-refractivity contribution < 1.29 is 19.6 Å². The highest BCUT2D eigenvalue weighted by Crippen LogP contribution is 2.28. The van der Waals surface area contributed by atoms with Crippen molar-refractivity contribution in [3.63, 3.8) is 0 Å². The van der Waals surface area contributed by atoms with Crippen molar-refractivity contribution in [3.8, 4) is 0 Å². The molecule has 2 rings (SSSR count). The van der Waals surface area contributed by atoms with Crippen LogP contribution in [-0.2, 0) is 0 Å². The Hall–Kier alpha value is -2.19. The fourth-order valence-corrected chi connectivity index (χ4v) is 1.52. The van der Waals surface area contributed by atoms with Crippen molar-refractivity contribution in [2.75, 3.05) is 18.5 Å². The van der Waals surface area contributed by atoms with Crippen molar-refractivity contribution in [2.45, 2.75) is 12.5 Å². The van der Waals surface area contributed by atoms with Crippen molar-refractivity contribution in [1.29, 1.82) is 0 Å². The minimum atomic E-state index is -1.02. The molecule has 0 aliphatic carbocycles. The van der Waals surface area contributed by atoms with Gasteiger partial charge < -0.3 is 19.9 Å². The number of non-ortho nitro benzene ring substituents is 1. The van der Waals surface area contributed by atoms with E-state index in [9.17, 15) is 10.1 Å². The molecular weight excluding hydrogens is 254 g/mol. The van der Waals surface area contributed by atoms with Crippen LogP contribution in [0, 0.1) is 10.1 Å². The monoisotopic (exact) mass is 267 g/mol. The molecule has 1 aromatic carbocycles. The zero-order valence-electron chi connectivity index (χ0n) is 10.2. The van der Waals surface area contributed by atoms with E-state index in [0.717, 1.165) is 0 Å². The number of anilines is 1. The molecular formula is C11H13N3O5. The van der Waals surface area contributed by atoms with Crippen LogP contribution in [0.4, 0.5) is 11.7 Å². The Morgan fingerprint density at radius 2 is 2.16 bits per heavy atom. The number of nitro benzene ring substituents is 1. The van der Waals surface area contributed by atoms with Gasteiger partial charge in [0.1, 0.15) is 0 Å². The highest BCUT2D eigenvalue weighted by Gasteiger charge is 2.25. The molecule has 0 unspecified atom stereocenters. The highest BCUT2D eigenvalue weighted by molar-refractivity contribution is 5.84. The lowest BCUT2D eigenvalue weighted by atomic mass is 10.1. The standard InChI is InChI=1S/C11H13N3O5/c1-11(5-15,6-16)13-10-12-9-7(14(17)18)3-2-4-8(9)19-10/h2-4,15-16H,5-6H2,1H3,(H,12,13). The summed E-state index contributed by atoms with van der Waals surface area (Å²) in [5.41, 5.74) is -0.803. The van der Waals surface area contributed by atoms with Gasteiger partial charge in [0.25, 0.3) is 11.7 Å². The Bertz CT molecular complexity index is 605. The van der Waals surface area contributed by atoms with E-state index < -0.39 is 10.5 Å². The molecule has 0 saturated heterocycles. The number of fused-ring (bicyclic) bond motifs is 1. The summed E-state index contributed by atoms with van der Waals surface area (Å²) in [6.45, 7) is 0.880. The van der Waals surface area contributed by atoms with Crippen LogP contribution in [0.25, 0.3) is 11.1 Å². The molecule has 19 heavy (non-hydrogen) atoms. The highest BCUT2D eigenvalue weighted by atomic mass is 16.6. The number of aliphatic hydroxyl groups excluding tert-OH is 2. The molecule has 8 heteroatoms. The van der Waals surface area contributed by atoms with Crippen LogP contribution in [0.2, 0.25) is 0 Å². The molecule has 0 radical (unpaired) electrons. The van der Waals surface area contributed by atoms with E-state index >= 15 is 0 Å². The van der Waals surface area contributed by atoms with Crippen LogP contribution in [0.1, 0.15) is 6.92 Å². The van der Waals surface area contributed by atoms with Gasteiger partial charge >= 0.3 is 0 Å². The second-order valence-corrected chi connectivity index (χ2v) is 4.40. The zero-order chi connectivity index (χ0) is 14.0. The number of rotatable bonds is 5. The van der Waals surface area contributed by atoms with Gasteiger partial charge in [0.15, 0.2) is 11.1 Å². The van der Waals surface area contributed by atoms with E-state index in [-0.39, 0.29) is 36.0 Å². The molecule has 0 bridgehead atoms. The predicted octanol–water partition coefficient (Wildman–Crippen LogP) is 0.891.